The van der Waals surface area contributed by atoms with E-state index in [1.165, 1.54) is 0 Å². The number of aryl methyl sites for hydroxylation is 1. The average Bonchev–Trinajstić information content (AvgIpc) is 2.84. The van der Waals surface area contributed by atoms with Crippen molar-refractivity contribution in [1.29, 1.82) is 0 Å². The number of rotatable bonds is 2. The van der Waals surface area contributed by atoms with E-state index in [0.29, 0.717) is 38.4 Å². The zero-order valence-corrected chi connectivity index (χ0v) is 11.4. The lowest BCUT2D eigenvalue weighted by Crippen LogP contribution is -2.53. The summed E-state index contributed by atoms with van der Waals surface area (Å²) in [5, 5.41) is 2.78. The molecule has 2 rings (SSSR count). The first kappa shape index (κ1) is 13.5. The fraction of sp³-hybridized carbons (Fsp3) is 0.538. The second kappa shape index (κ2) is 5.77. The Morgan fingerprint density at radius 3 is 2.37 bits per heavy atom. The lowest BCUT2D eigenvalue weighted by molar-refractivity contribution is 0.0656. The van der Waals surface area contributed by atoms with Gasteiger partial charge in [-0.2, -0.15) is 0 Å². The maximum atomic E-state index is 12.3. The molecule has 2 heterocycles. The third kappa shape index (κ3) is 2.89. The maximum absolute atomic E-state index is 12.3. The van der Waals surface area contributed by atoms with Gasteiger partial charge in [-0.1, -0.05) is 0 Å². The highest BCUT2D eigenvalue weighted by molar-refractivity contribution is 5.93. The Morgan fingerprint density at radius 1 is 1.21 bits per heavy atom. The first-order chi connectivity index (χ1) is 9.13. The van der Waals surface area contributed by atoms with Crippen LogP contribution in [0.1, 0.15) is 17.4 Å². The molecule has 0 spiro atoms. The van der Waals surface area contributed by atoms with Gasteiger partial charge in [-0.25, -0.2) is 4.79 Å². The van der Waals surface area contributed by atoms with Crippen molar-refractivity contribution in [3.8, 4) is 0 Å². The van der Waals surface area contributed by atoms with Crippen LogP contribution in [0.5, 0.6) is 0 Å². The number of carbonyl (C=O) groups is 2. The van der Waals surface area contributed by atoms with Crippen molar-refractivity contribution >= 4 is 11.9 Å². The van der Waals surface area contributed by atoms with Crippen LogP contribution < -0.4 is 5.32 Å². The second-order valence-corrected chi connectivity index (χ2v) is 4.62. The van der Waals surface area contributed by atoms with Crippen LogP contribution in [0.4, 0.5) is 4.79 Å². The topological polar surface area (TPSA) is 57.6 Å². The molecule has 1 saturated heterocycles. The third-order valence-electron chi connectivity index (χ3n) is 3.34. The molecule has 6 nitrogen and oxygen atoms in total. The summed E-state index contributed by atoms with van der Waals surface area (Å²) < 4.78 is 1.82. The molecular formula is C13H20N4O2. The van der Waals surface area contributed by atoms with E-state index < -0.39 is 0 Å². The van der Waals surface area contributed by atoms with Crippen LogP contribution >= 0.6 is 0 Å². The summed E-state index contributed by atoms with van der Waals surface area (Å²) in [6.45, 7) is 4.86. The quantitative estimate of drug-likeness (QED) is 0.846. The van der Waals surface area contributed by atoms with Crippen molar-refractivity contribution in [2.45, 2.75) is 6.92 Å². The van der Waals surface area contributed by atoms with E-state index in [1.807, 2.05) is 36.9 Å². The Labute approximate surface area is 113 Å². The molecule has 0 saturated carbocycles. The fourth-order valence-corrected chi connectivity index (χ4v) is 2.22. The molecule has 1 aromatic rings. The average molecular weight is 264 g/mol. The van der Waals surface area contributed by atoms with Crippen LogP contribution in [0.3, 0.4) is 0 Å². The van der Waals surface area contributed by atoms with E-state index in [9.17, 15) is 9.59 Å². The lowest BCUT2D eigenvalue weighted by atomic mass is 10.3. The van der Waals surface area contributed by atoms with Crippen molar-refractivity contribution in [1.82, 2.24) is 19.7 Å². The minimum absolute atomic E-state index is 0.0306. The van der Waals surface area contributed by atoms with Gasteiger partial charge in [0.2, 0.25) is 0 Å². The van der Waals surface area contributed by atoms with E-state index in [2.05, 4.69) is 5.32 Å². The summed E-state index contributed by atoms with van der Waals surface area (Å²) in [7, 11) is 1.86. The molecule has 0 aromatic carbocycles. The van der Waals surface area contributed by atoms with Crippen molar-refractivity contribution in [3.05, 3.63) is 24.0 Å². The molecule has 1 aliphatic rings. The van der Waals surface area contributed by atoms with Crippen LogP contribution in [0.2, 0.25) is 0 Å². The van der Waals surface area contributed by atoms with Crippen molar-refractivity contribution in [2.75, 3.05) is 32.7 Å². The third-order valence-corrected chi connectivity index (χ3v) is 3.34. The number of nitrogens with zero attached hydrogens (tertiary/aromatic N) is 3. The van der Waals surface area contributed by atoms with Gasteiger partial charge < -0.3 is 19.7 Å². The zero-order chi connectivity index (χ0) is 13.8. The minimum atomic E-state index is -0.0477. The molecule has 0 atom stereocenters. The van der Waals surface area contributed by atoms with Gasteiger partial charge in [0, 0.05) is 46.0 Å². The number of hydrogen-bond acceptors (Lipinski definition) is 2. The van der Waals surface area contributed by atoms with Gasteiger partial charge in [0.05, 0.1) is 0 Å². The number of urea groups is 1. The maximum Gasteiger partial charge on any atom is 0.317 e. The molecule has 0 bridgehead atoms. The van der Waals surface area contributed by atoms with Crippen molar-refractivity contribution in [3.63, 3.8) is 0 Å². The van der Waals surface area contributed by atoms with Gasteiger partial charge in [-0.3, -0.25) is 4.79 Å². The number of hydrogen-bond donors (Lipinski definition) is 1. The van der Waals surface area contributed by atoms with Crippen LogP contribution in [-0.2, 0) is 7.05 Å². The van der Waals surface area contributed by atoms with E-state index in [4.69, 9.17) is 0 Å². The van der Waals surface area contributed by atoms with Crippen LogP contribution in [0, 0.1) is 0 Å². The van der Waals surface area contributed by atoms with Crippen molar-refractivity contribution in [2.24, 2.45) is 7.05 Å². The van der Waals surface area contributed by atoms with E-state index in [1.54, 1.807) is 9.80 Å². The van der Waals surface area contributed by atoms with Gasteiger partial charge in [0.25, 0.3) is 5.91 Å². The van der Waals surface area contributed by atoms with Gasteiger partial charge in [0.1, 0.15) is 5.69 Å². The molecule has 3 amide bonds. The number of aromatic nitrogens is 1. The molecule has 1 N–H and O–H groups in total. The SMILES string of the molecule is CCNC(=O)N1CCN(C(=O)c2cccn2C)CC1. The first-order valence-electron chi connectivity index (χ1n) is 6.57. The molecule has 6 heteroatoms. The summed E-state index contributed by atoms with van der Waals surface area (Å²) in [5.74, 6) is 0.0306. The van der Waals surface area contributed by atoms with E-state index in [-0.39, 0.29) is 11.9 Å². The second-order valence-electron chi connectivity index (χ2n) is 4.62. The Morgan fingerprint density at radius 2 is 1.84 bits per heavy atom. The van der Waals surface area contributed by atoms with Gasteiger partial charge in [-0.15, -0.1) is 0 Å². The molecular weight excluding hydrogens is 244 g/mol. The molecule has 0 aliphatic carbocycles. The molecule has 19 heavy (non-hydrogen) atoms. The summed E-state index contributed by atoms with van der Waals surface area (Å²) >= 11 is 0. The lowest BCUT2D eigenvalue weighted by Gasteiger charge is -2.34. The molecule has 1 fully saturated rings. The predicted octanol–water partition coefficient (Wildman–Crippen LogP) is 0.512. The fourth-order valence-electron chi connectivity index (χ4n) is 2.22. The highest BCUT2D eigenvalue weighted by atomic mass is 16.2. The highest BCUT2D eigenvalue weighted by Gasteiger charge is 2.25. The van der Waals surface area contributed by atoms with Gasteiger partial charge >= 0.3 is 6.03 Å². The molecule has 1 aromatic heterocycles. The number of carbonyl (C=O) groups excluding carboxylic acids is 2. The standard InChI is InChI=1S/C13H20N4O2/c1-3-14-13(19)17-9-7-16(8-10-17)12(18)11-5-4-6-15(11)2/h4-6H,3,7-10H2,1-2H3,(H,14,19). The first-order valence-corrected chi connectivity index (χ1v) is 6.57. The zero-order valence-electron chi connectivity index (χ0n) is 11.4. The number of nitrogens with one attached hydrogen (secondary N) is 1. The summed E-state index contributed by atoms with van der Waals surface area (Å²) in [6.07, 6.45) is 1.86. The molecule has 1 aliphatic heterocycles. The predicted molar refractivity (Wildman–Crippen MR) is 72.0 cm³/mol. The summed E-state index contributed by atoms with van der Waals surface area (Å²) in [4.78, 5) is 27.5. The van der Waals surface area contributed by atoms with Crippen LogP contribution in [0.15, 0.2) is 18.3 Å². The Hall–Kier alpha value is -1.98. The molecule has 104 valence electrons. The van der Waals surface area contributed by atoms with Gasteiger partial charge in [-0.05, 0) is 19.1 Å². The largest absolute Gasteiger partial charge is 0.347 e. The summed E-state index contributed by atoms with van der Waals surface area (Å²) in [5.41, 5.74) is 0.687. The number of amides is 3. The minimum Gasteiger partial charge on any atom is -0.347 e. The monoisotopic (exact) mass is 264 g/mol. The van der Waals surface area contributed by atoms with E-state index >= 15 is 0 Å². The molecule has 0 unspecified atom stereocenters. The van der Waals surface area contributed by atoms with Gasteiger partial charge in [0.15, 0.2) is 0 Å². The normalized spacial score (nSPS) is 15.5. The molecule has 0 radical (unpaired) electrons. The number of piperazine rings is 1. The Kier molecular flexibility index (Phi) is 4.09. The van der Waals surface area contributed by atoms with E-state index in [0.717, 1.165) is 0 Å². The van der Waals surface area contributed by atoms with Crippen molar-refractivity contribution < 1.29 is 9.59 Å². The van der Waals surface area contributed by atoms with Crippen LogP contribution in [-0.4, -0.2) is 59.0 Å². The summed E-state index contributed by atoms with van der Waals surface area (Å²) in [6, 6.07) is 3.63. The Bertz CT molecular complexity index is 461. The highest BCUT2D eigenvalue weighted by Crippen LogP contribution is 2.09. The van der Waals surface area contributed by atoms with Crippen LogP contribution in [0.25, 0.3) is 0 Å². The Balaban J connectivity index is 1.92. The smallest absolute Gasteiger partial charge is 0.317 e.